The summed E-state index contributed by atoms with van der Waals surface area (Å²) in [6.45, 7) is 1.99. The van der Waals surface area contributed by atoms with Crippen molar-refractivity contribution in [3.05, 3.63) is 59.9 Å². The smallest absolute Gasteiger partial charge is 0.0901 e. The summed E-state index contributed by atoms with van der Waals surface area (Å²) in [6.07, 6.45) is 3.02. The second kappa shape index (κ2) is 5.84. The quantitative estimate of drug-likeness (QED) is 0.840. The third-order valence-corrected chi connectivity index (χ3v) is 3.68. The Labute approximate surface area is 106 Å². The SMILES string of the molecule is Cc1ccncc1C(O)CSc1ccccc1. The first-order chi connectivity index (χ1) is 8.27. The van der Waals surface area contributed by atoms with E-state index in [-0.39, 0.29) is 0 Å². The third-order valence-electron chi connectivity index (χ3n) is 2.59. The van der Waals surface area contributed by atoms with E-state index in [0.717, 1.165) is 11.1 Å². The molecule has 0 saturated heterocycles. The van der Waals surface area contributed by atoms with Crippen molar-refractivity contribution < 1.29 is 5.11 Å². The highest BCUT2D eigenvalue weighted by atomic mass is 32.2. The van der Waals surface area contributed by atoms with Crippen LogP contribution < -0.4 is 0 Å². The van der Waals surface area contributed by atoms with Crippen molar-refractivity contribution in [2.45, 2.75) is 17.9 Å². The topological polar surface area (TPSA) is 33.1 Å². The van der Waals surface area contributed by atoms with Crippen LogP contribution in [-0.4, -0.2) is 15.8 Å². The van der Waals surface area contributed by atoms with Gasteiger partial charge in [-0.15, -0.1) is 11.8 Å². The first kappa shape index (κ1) is 12.1. The molecule has 0 saturated carbocycles. The van der Waals surface area contributed by atoms with E-state index < -0.39 is 6.10 Å². The summed E-state index contributed by atoms with van der Waals surface area (Å²) in [7, 11) is 0. The molecular weight excluding hydrogens is 230 g/mol. The number of hydrogen-bond acceptors (Lipinski definition) is 3. The molecule has 3 heteroatoms. The number of aromatic nitrogens is 1. The normalized spacial score (nSPS) is 12.4. The van der Waals surface area contributed by atoms with E-state index >= 15 is 0 Å². The van der Waals surface area contributed by atoms with Crippen LogP contribution in [0.3, 0.4) is 0 Å². The third kappa shape index (κ3) is 3.32. The number of aliphatic hydroxyl groups is 1. The number of aryl methyl sites for hydroxylation is 1. The molecule has 1 aromatic carbocycles. The van der Waals surface area contributed by atoms with Crippen molar-refractivity contribution in [3.8, 4) is 0 Å². The number of pyridine rings is 1. The van der Waals surface area contributed by atoms with Crippen molar-refractivity contribution in [1.29, 1.82) is 0 Å². The number of rotatable bonds is 4. The summed E-state index contributed by atoms with van der Waals surface area (Å²) in [5.74, 6) is 0.649. The number of nitrogens with zero attached hydrogens (tertiary/aromatic N) is 1. The highest BCUT2D eigenvalue weighted by Gasteiger charge is 2.10. The Morgan fingerprint density at radius 3 is 2.71 bits per heavy atom. The van der Waals surface area contributed by atoms with Gasteiger partial charge < -0.3 is 5.11 Å². The highest BCUT2D eigenvalue weighted by Crippen LogP contribution is 2.25. The summed E-state index contributed by atoms with van der Waals surface area (Å²) in [5.41, 5.74) is 2.00. The predicted octanol–water partition coefficient (Wildman–Crippen LogP) is 3.22. The molecule has 1 aromatic heterocycles. The van der Waals surface area contributed by atoms with Gasteiger partial charge in [0.2, 0.25) is 0 Å². The first-order valence-corrected chi connectivity index (χ1v) is 6.52. The van der Waals surface area contributed by atoms with Gasteiger partial charge in [-0.05, 0) is 30.7 Å². The fourth-order valence-electron chi connectivity index (χ4n) is 1.61. The van der Waals surface area contributed by atoms with Crippen molar-refractivity contribution >= 4 is 11.8 Å². The van der Waals surface area contributed by atoms with Crippen LogP contribution in [0.4, 0.5) is 0 Å². The van der Waals surface area contributed by atoms with Gasteiger partial charge in [0.05, 0.1) is 6.10 Å². The largest absolute Gasteiger partial charge is 0.387 e. The van der Waals surface area contributed by atoms with Crippen LogP contribution in [-0.2, 0) is 0 Å². The molecule has 2 aromatic rings. The first-order valence-electron chi connectivity index (χ1n) is 5.54. The van der Waals surface area contributed by atoms with Crippen molar-refractivity contribution in [2.75, 3.05) is 5.75 Å². The predicted molar refractivity (Wildman–Crippen MR) is 71.1 cm³/mol. The Balaban J connectivity index is 1.99. The van der Waals surface area contributed by atoms with Crippen LogP contribution >= 0.6 is 11.8 Å². The lowest BCUT2D eigenvalue weighted by Crippen LogP contribution is -2.03. The van der Waals surface area contributed by atoms with Gasteiger partial charge in [-0.3, -0.25) is 4.98 Å². The molecule has 0 radical (unpaired) electrons. The molecule has 1 N–H and O–H groups in total. The molecule has 0 amide bonds. The summed E-state index contributed by atoms with van der Waals surface area (Å²) >= 11 is 1.65. The Hall–Kier alpha value is -1.32. The molecule has 1 atom stereocenters. The van der Waals surface area contributed by atoms with Crippen molar-refractivity contribution in [3.63, 3.8) is 0 Å². The van der Waals surface area contributed by atoms with Crippen LogP contribution in [0.2, 0.25) is 0 Å². The molecule has 0 fully saturated rings. The van der Waals surface area contributed by atoms with Gasteiger partial charge in [0.25, 0.3) is 0 Å². The van der Waals surface area contributed by atoms with E-state index in [4.69, 9.17) is 0 Å². The molecule has 0 aliphatic carbocycles. The molecule has 17 heavy (non-hydrogen) atoms. The standard InChI is InChI=1S/C14H15NOS/c1-11-7-8-15-9-13(11)14(16)10-17-12-5-3-2-4-6-12/h2-9,14,16H,10H2,1H3. The van der Waals surface area contributed by atoms with Gasteiger partial charge in [0.1, 0.15) is 0 Å². The van der Waals surface area contributed by atoms with E-state index in [2.05, 4.69) is 4.98 Å². The Bertz CT molecular complexity index is 473. The highest BCUT2D eigenvalue weighted by molar-refractivity contribution is 7.99. The minimum absolute atomic E-state index is 0.464. The van der Waals surface area contributed by atoms with Crippen molar-refractivity contribution in [1.82, 2.24) is 4.98 Å². The lowest BCUT2D eigenvalue weighted by atomic mass is 10.1. The molecule has 0 aliphatic rings. The minimum atomic E-state index is -0.464. The molecule has 88 valence electrons. The fraction of sp³-hybridized carbons (Fsp3) is 0.214. The number of benzene rings is 1. The fourth-order valence-corrected chi connectivity index (χ4v) is 2.49. The van der Waals surface area contributed by atoms with E-state index in [1.165, 1.54) is 4.90 Å². The van der Waals surface area contributed by atoms with Crippen LogP contribution in [0.5, 0.6) is 0 Å². The zero-order valence-electron chi connectivity index (χ0n) is 9.71. The molecule has 0 aliphatic heterocycles. The van der Waals surface area contributed by atoms with Crippen LogP contribution in [0.15, 0.2) is 53.7 Å². The average molecular weight is 245 g/mol. The van der Waals surface area contributed by atoms with E-state index in [9.17, 15) is 5.11 Å². The number of aliphatic hydroxyl groups excluding tert-OH is 1. The molecule has 2 nitrogen and oxygen atoms in total. The number of hydrogen-bond donors (Lipinski definition) is 1. The number of thioether (sulfide) groups is 1. The van der Waals surface area contributed by atoms with Crippen LogP contribution in [0.25, 0.3) is 0 Å². The van der Waals surface area contributed by atoms with E-state index in [1.54, 1.807) is 24.2 Å². The van der Waals surface area contributed by atoms with Gasteiger partial charge in [-0.25, -0.2) is 0 Å². The second-order valence-corrected chi connectivity index (χ2v) is 4.97. The monoisotopic (exact) mass is 245 g/mol. The molecular formula is C14H15NOS. The summed E-state index contributed by atoms with van der Waals surface area (Å²) in [5, 5.41) is 10.1. The molecule has 1 heterocycles. The second-order valence-electron chi connectivity index (χ2n) is 3.87. The Morgan fingerprint density at radius 2 is 2.00 bits per heavy atom. The van der Waals surface area contributed by atoms with Gasteiger partial charge in [0, 0.05) is 28.6 Å². The van der Waals surface area contributed by atoms with Crippen LogP contribution in [0.1, 0.15) is 17.2 Å². The molecule has 1 unspecified atom stereocenters. The summed E-state index contributed by atoms with van der Waals surface area (Å²) < 4.78 is 0. The van der Waals surface area contributed by atoms with E-state index in [1.807, 2.05) is 43.3 Å². The average Bonchev–Trinajstić information content (AvgIpc) is 2.38. The van der Waals surface area contributed by atoms with Gasteiger partial charge in [-0.2, -0.15) is 0 Å². The van der Waals surface area contributed by atoms with Gasteiger partial charge in [0.15, 0.2) is 0 Å². The van der Waals surface area contributed by atoms with E-state index in [0.29, 0.717) is 5.75 Å². The lowest BCUT2D eigenvalue weighted by Gasteiger charge is -2.12. The Kier molecular flexibility index (Phi) is 4.18. The Morgan fingerprint density at radius 1 is 1.24 bits per heavy atom. The molecule has 2 rings (SSSR count). The van der Waals surface area contributed by atoms with Crippen LogP contribution in [0, 0.1) is 6.92 Å². The maximum absolute atomic E-state index is 10.1. The lowest BCUT2D eigenvalue weighted by molar-refractivity contribution is 0.203. The van der Waals surface area contributed by atoms with Gasteiger partial charge in [-0.1, -0.05) is 18.2 Å². The van der Waals surface area contributed by atoms with Gasteiger partial charge >= 0.3 is 0 Å². The zero-order valence-corrected chi connectivity index (χ0v) is 10.5. The summed E-state index contributed by atoms with van der Waals surface area (Å²) in [6, 6.07) is 12.0. The molecule has 0 spiro atoms. The maximum atomic E-state index is 10.1. The maximum Gasteiger partial charge on any atom is 0.0901 e. The molecule has 0 bridgehead atoms. The zero-order chi connectivity index (χ0) is 12.1. The van der Waals surface area contributed by atoms with Crippen molar-refractivity contribution in [2.24, 2.45) is 0 Å². The summed E-state index contributed by atoms with van der Waals surface area (Å²) in [4.78, 5) is 5.23. The minimum Gasteiger partial charge on any atom is -0.387 e.